The van der Waals surface area contributed by atoms with Crippen molar-refractivity contribution in [2.45, 2.75) is 0 Å². The van der Waals surface area contributed by atoms with E-state index in [-0.39, 0.29) is 0 Å². The van der Waals surface area contributed by atoms with Gasteiger partial charge in [-0.1, -0.05) is 0 Å². The van der Waals surface area contributed by atoms with Crippen molar-refractivity contribution >= 4 is 0 Å². The summed E-state index contributed by atoms with van der Waals surface area (Å²) in [7, 11) is 1.80. The third-order valence-corrected chi connectivity index (χ3v) is 0.893. The van der Waals surface area contributed by atoms with Gasteiger partial charge in [0.1, 0.15) is 0 Å². The molecule has 0 aromatic carbocycles. The van der Waals surface area contributed by atoms with Gasteiger partial charge in [-0.2, -0.15) is 5.90 Å². The third-order valence-electron chi connectivity index (χ3n) is 0.893. The molecule has 0 saturated heterocycles. The van der Waals surface area contributed by atoms with Crippen LogP contribution in [0.3, 0.4) is 0 Å². The second-order valence-corrected chi connectivity index (χ2v) is 1.46. The summed E-state index contributed by atoms with van der Waals surface area (Å²) in [6.45, 7) is 0. The lowest BCUT2D eigenvalue weighted by molar-refractivity contribution is 0.309. The first kappa shape index (κ1) is 5.11. The SMILES string of the molecule is Cn1cncc1ON. The first-order valence-electron chi connectivity index (χ1n) is 2.17. The van der Waals surface area contributed by atoms with Gasteiger partial charge in [0.15, 0.2) is 0 Å². The van der Waals surface area contributed by atoms with E-state index in [2.05, 4.69) is 9.82 Å². The van der Waals surface area contributed by atoms with Crippen LogP contribution in [0.5, 0.6) is 5.88 Å². The van der Waals surface area contributed by atoms with Gasteiger partial charge < -0.3 is 9.40 Å². The Hall–Kier alpha value is -1.03. The Morgan fingerprint density at radius 2 is 2.62 bits per heavy atom. The molecule has 0 aliphatic rings. The Labute approximate surface area is 46.8 Å². The van der Waals surface area contributed by atoms with Crippen LogP contribution in [0.1, 0.15) is 0 Å². The molecule has 1 rings (SSSR count). The van der Waals surface area contributed by atoms with Crippen molar-refractivity contribution in [2.24, 2.45) is 12.9 Å². The maximum absolute atomic E-state index is 4.83. The Bertz CT molecular complexity index is 172. The molecule has 0 aliphatic carbocycles. The molecular weight excluding hydrogens is 106 g/mol. The van der Waals surface area contributed by atoms with Crippen molar-refractivity contribution in [1.29, 1.82) is 0 Å². The minimum Gasteiger partial charge on any atom is -0.391 e. The van der Waals surface area contributed by atoms with Crippen LogP contribution in [-0.2, 0) is 7.05 Å². The fraction of sp³-hybridized carbons (Fsp3) is 0.250. The molecule has 4 heteroatoms. The molecular formula is C4H7N3O. The summed E-state index contributed by atoms with van der Waals surface area (Å²) >= 11 is 0. The van der Waals surface area contributed by atoms with Gasteiger partial charge in [-0.25, -0.2) is 4.98 Å². The van der Waals surface area contributed by atoms with Crippen LogP contribution in [0.15, 0.2) is 12.5 Å². The largest absolute Gasteiger partial charge is 0.391 e. The highest BCUT2D eigenvalue weighted by molar-refractivity contribution is 5.03. The van der Waals surface area contributed by atoms with E-state index < -0.39 is 0 Å². The van der Waals surface area contributed by atoms with E-state index in [1.807, 2.05) is 0 Å². The summed E-state index contributed by atoms with van der Waals surface area (Å²) in [5.41, 5.74) is 0. The molecule has 2 N–H and O–H groups in total. The zero-order chi connectivity index (χ0) is 5.98. The lowest BCUT2D eigenvalue weighted by Gasteiger charge is -1.94. The maximum atomic E-state index is 4.83. The standard InChI is InChI=1S/C4H7N3O/c1-7-3-6-2-4(7)8-5/h2-3H,5H2,1H3. The average Bonchev–Trinajstić information content (AvgIpc) is 2.14. The third kappa shape index (κ3) is 0.651. The van der Waals surface area contributed by atoms with E-state index in [4.69, 9.17) is 5.90 Å². The number of hydrogen-bond donors (Lipinski definition) is 1. The van der Waals surface area contributed by atoms with Crippen LogP contribution in [0.4, 0.5) is 0 Å². The predicted octanol–water partition coefficient (Wildman–Crippen LogP) is -0.327. The minimum atomic E-state index is 0.560. The molecule has 0 atom stereocenters. The van der Waals surface area contributed by atoms with Gasteiger partial charge in [-0.3, -0.25) is 0 Å². The van der Waals surface area contributed by atoms with Gasteiger partial charge in [-0.15, -0.1) is 0 Å². The van der Waals surface area contributed by atoms with Crippen LogP contribution in [0.25, 0.3) is 0 Å². The molecule has 1 aromatic heterocycles. The van der Waals surface area contributed by atoms with Crippen molar-refractivity contribution in [3.8, 4) is 5.88 Å². The van der Waals surface area contributed by atoms with Crippen molar-refractivity contribution in [3.05, 3.63) is 12.5 Å². The van der Waals surface area contributed by atoms with E-state index >= 15 is 0 Å². The summed E-state index contributed by atoms with van der Waals surface area (Å²) in [6, 6.07) is 0. The summed E-state index contributed by atoms with van der Waals surface area (Å²) in [5.74, 6) is 5.39. The van der Waals surface area contributed by atoms with Gasteiger partial charge >= 0.3 is 0 Å². The topological polar surface area (TPSA) is 53.1 Å². The lowest BCUT2D eigenvalue weighted by atomic mass is 10.8. The van der Waals surface area contributed by atoms with E-state index in [9.17, 15) is 0 Å². The van der Waals surface area contributed by atoms with E-state index in [0.717, 1.165) is 0 Å². The van der Waals surface area contributed by atoms with Gasteiger partial charge in [0.05, 0.1) is 12.5 Å². The monoisotopic (exact) mass is 113 g/mol. The molecule has 1 aromatic rings. The first-order valence-corrected chi connectivity index (χ1v) is 2.17. The fourth-order valence-electron chi connectivity index (χ4n) is 0.459. The molecule has 1 heterocycles. The Balaban J connectivity index is 2.92. The van der Waals surface area contributed by atoms with Gasteiger partial charge in [0, 0.05) is 7.05 Å². The first-order chi connectivity index (χ1) is 3.84. The molecule has 8 heavy (non-hydrogen) atoms. The van der Waals surface area contributed by atoms with Gasteiger partial charge in [-0.05, 0) is 0 Å². The molecule has 0 aliphatic heterocycles. The molecule has 0 fully saturated rings. The highest BCUT2D eigenvalue weighted by Gasteiger charge is 1.92. The number of hydrogen-bond acceptors (Lipinski definition) is 3. The van der Waals surface area contributed by atoms with Crippen LogP contribution in [0, 0.1) is 0 Å². The fourth-order valence-corrected chi connectivity index (χ4v) is 0.459. The molecule has 0 amide bonds. The second kappa shape index (κ2) is 1.83. The van der Waals surface area contributed by atoms with Gasteiger partial charge in [0.2, 0.25) is 5.88 Å². The summed E-state index contributed by atoms with van der Waals surface area (Å²) in [5, 5.41) is 0. The molecule has 44 valence electrons. The smallest absolute Gasteiger partial charge is 0.237 e. The average molecular weight is 113 g/mol. The van der Waals surface area contributed by atoms with Crippen LogP contribution >= 0.6 is 0 Å². The summed E-state index contributed by atoms with van der Waals surface area (Å²) in [4.78, 5) is 8.14. The molecule has 0 saturated carbocycles. The number of aromatic nitrogens is 2. The maximum Gasteiger partial charge on any atom is 0.237 e. The van der Waals surface area contributed by atoms with Crippen LogP contribution < -0.4 is 10.7 Å². The number of nitrogens with two attached hydrogens (primary N) is 1. The quantitative estimate of drug-likeness (QED) is 0.507. The number of imidazole rings is 1. The van der Waals surface area contributed by atoms with Crippen molar-refractivity contribution < 1.29 is 4.84 Å². The van der Waals surface area contributed by atoms with Crippen molar-refractivity contribution in [1.82, 2.24) is 9.55 Å². The van der Waals surface area contributed by atoms with Crippen LogP contribution in [-0.4, -0.2) is 9.55 Å². The number of nitrogens with zero attached hydrogens (tertiary/aromatic N) is 2. The number of rotatable bonds is 1. The Morgan fingerprint density at radius 3 is 2.88 bits per heavy atom. The van der Waals surface area contributed by atoms with Crippen molar-refractivity contribution in [3.63, 3.8) is 0 Å². The molecule has 0 spiro atoms. The van der Waals surface area contributed by atoms with E-state index in [1.165, 1.54) is 0 Å². The predicted molar refractivity (Wildman–Crippen MR) is 28.0 cm³/mol. The van der Waals surface area contributed by atoms with Gasteiger partial charge in [0.25, 0.3) is 0 Å². The van der Waals surface area contributed by atoms with E-state index in [1.54, 1.807) is 24.1 Å². The summed E-state index contributed by atoms with van der Waals surface area (Å²) < 4.78 is 1.68. The Morgan fingerprint density at radius 1 is 1.88 bits per heavy atom. The zero-order valence-corrected chi connectivity index (χ0v) is 4.53. The number of aryl methyl sites for hydroxylation is 1. The van der Waals surface area contributed by atoms with Crippen molar-refractivity contribution in [2.75, 3.05) is 0 Å². The molecule has 0 bridgehead atoms. The summed E-state index contributed by atoms with van der Waals surface area (Å²) in [6.07, 6.45) is 3.15. The minimum absolute atomic E-state index is 0.560. The normalized spacial score (nSPS) is 9.25. The molecule has 0 radical (unpaired) electrons. The highest BCUT2D eigenvalue weighted by Crippen LogP contribution is 2.02. The van der Waals surface area contributed by atoms with Crippen LogP contribution in [0.2, 0.25) is 0 Å². The zero-order valence-electron chi connectivity index (χ0n) is 4.53. The Kier molecular flexibility index (Phi) is 1.17. The molecule has 0 unspecified atom stereocenters. The highest BCUT2D eigenvalue weighted by atomic mass is 16.6. The second-order valence-electron chi connectivity index (χ2n) is 1.46. The van der Waals surface area contributed by atoms with E-state index in [0.29, 0.717) is 5.88 Å². The lowest BCUT2D eigenvalue weighted by Crippen LogP contribution is -2.04. The molecule has 4 nitrogen and oxygen atoms in total.